The van der Waals surface area contributed by atoms with Gasteiger partial charge in [0.25, 0.3) is 5.69 Å². The third-order valence-corrected chi connectivity index (χ3v) is 2.13. The van der Waals surface area contributed by atoms with Crippen LogP contribution in [-0.2, 0) is 0 Å². The van der Waals surface area contributed by atoms with Gasteiger partial charge in [-0.25, -0.2) is 0 Å². The molecule has 0 fully saturated rings. The van der Waals surface area contributed by atoms with Crippen LogP contribution in [0.4, 0.5) is 11.4 Å². The van der Waals surface area contributed by atoms with E-state index in [1.807, 2.05) is 6.92 Å². The molecule has 0 atom stereocenters. The normalized spacial score (nSPS) is 10.0. The first kappa shape index (κ1) is 11.6. The van der Waals surface area contributed by atoms with Crippen molar-refractivity contribution in [1.82, 2.24) is 0 Å². The highest BCUT2D eigenvalue weighted by atomic mass is 35.5. The van der Waals surface area contributed by atoms with Crippen LogP contribution < -0.4 is 5.32 Å². The Morgan fingerprint density at radius 1 is 1.60 bits per heavy atom. The number of rotatable bonds is 4. The van der Waals surface area contributed by atoms with Crippen LogP contribution in [0.25, 0.3) is 0 Å². The van der Waals surface area contributed by atoms with Crippen LogP contribution in [0.3, 0.4) is 0 Å². The number of nitrogens with zero attached hydrogens (tertiary/aromatic N) is 1. The van der Waals surface area contributed by atoms with Gasteiger partial charge in [-0.1, -0.05) is 18.5 Å². The Bertz CT molecular complexity index is 382. The Labute approximate surface area is 91.8 Å². The number of nitro groups is 1. The molecule has 2 N–H and O–H groups in total. The first-order chi connectivity index (χ1) is 7.06. The van der Waals surface area contributed by atoms with E-state index in [0.717, 1.165) is 12.5 Å². The average molecular weight is 231 g/mol. The van der Waals surface area contributed by atoms with Gasteiger partial charge in [0.15, 0.2) is 0 Å². The monoisotopic (exact) mass is 230 g/mol. The van der Waals surface area contributed by atoms with Gasteiger partial charge < -0.3 is 10.4 Å². The van der Waals surface area contributed by atoms with Crippen molar-refractivity contribution in [3.8, 4) is 5.75 Å². The van der Waals surface area contributed by atoms with Gasteiger partial charge in [0.1, 0.15) is 11.4 Å². The van der Waals surface area contributed by atoms with Crippen molar-refractivity contribution in [2.75, 3.05) is 11.9 Å². The first-order valence-electron chi connectivity index (χ1n) is 4.47. The zero-order valence-electron chi connectivity index (χ0n) is 8.16. The maximum absolute atomic E-state index is 10.7. The largest absolute Gasteiger partial charge is 0.506 e. The third-order valence-electron chi connectivity index (χ3n) is 1.83. The molecule has 1 rings (SSSR count). The molecule has 0 aliphatic rings. The van der Waals surface area contributed by atoms with Crippen LogP contribution in [0.15, 0.2) is 12.1 Å². The van der Waals surface area contributed by atoms with Gasteiger partial charge in [0, 0.05) is 6.54 Å². The van der Waals surface area contributed by atoms with E-state index in [4.69, 9.17) is 11.6 Å². The molecule has 0 spiro atoms. The molecule has 0 aliphatic carbocycles. The summed E-state index contributed by atoms with van der Waals surface area (Å²) in [5, 5.41) is 22.9. The summed E-state index contributed by atoms with van der Waals surface area (Å²) >= 11 is 5.66. The number of hydrogen-bond donors (Lipinski definition) is 2. The van der Waals surface area contributed by atoms with Gasteiger partial charge in [0.05, 0.1) is 16.0 Å². The van der Waals surface area contributed by atoms with E-state index in [-0.39, 0.29) is 16.5 Å². The molecule has 0 heterocycles. The van der Waals surface area contributed by atoms with Crippen LogP contribution in [0, 0.1) is 10.1 Å². The fourth-order valence-corrected chi connectivity index (χ4v) is 1.27. The van der Waals surface area contributed by atoms with Gasteiger partial charge in [-0.2, -0.15) is 0 Å². The summed E-state index contributed by atoms with van der Waals surface area (Å²) in [6, 6.07) is 2.39. The summed E-state index contributed by atoms with van der Waals surface area (Å²) in [6.45, 7) is 2.56. The summed E-state index contributed by atoms with van der Waals surface area (Å²) in [5.74, 6) is -0.287. The summed E-state index contributed by atoms with van der Waals surface area (Å²) in [7, 11) is 0. The molecule has 82 valence electrons. The molecule has 0 aliphatic heterocycles. The summed E-state index contributed by atoms with van der Waals surface area (Å²) < 4.78 is 0. The number of nitrogens with one attached hydrogen (secondary N) is 1. The lowest BCUT2D eigenvalue weighted by Gasteiger charge is -2.06. The summed E-state index contributed by atoms with van der Waals surface area (Å²) in [6.07, 6.45) is 0.843. The average Bonchev–Trinajstić information content (AvgIpc) is 2.19. The topological polar surface area (TPSA) is 75.4 Å². The Balaban J connectivity index is 3.10. The second kappa shape index (κ2) is 4.84. The van der Waals surface area contributed by atoms with Crippen LogP contribution >= 0.6 is 11.6 Å². The molecule has 0 radical (unpaired) electrons. The molecule has 0 amide bonds. The molecule has 6 heteroatoms. The van der Waals surface area contributed by atoms with Crippen molar-refractivity contribution < 1.29 is 10.0 Å². The van der Waals surface area contributed by atoms with E-state index in [2.05, 4.69) is 5.32 Å². The minimum atomic E-state index is -0.561. The molecule has 15 heavy (non-hydrogen) atoms. The lowest BCUT2D eigenvalue weighted by molar-refractivity contribution is -0.384. The van der Waals surface area contributed by atoms with Crippen LogP contribution in [0.2, 0.25) is 5.02 Å². The number of phenolic OH excluding ortho intramolecular Hbond substituents is 1. The van der Waals surface area contributed by atoms with Gasteiger partial charge in [-0.3, -0.25) is 10.1 Å². The van der Waals surface area contributed by atoms with Crippen molar-refractivity contribution in [1.29, 1.82) is 0 Å². The maximum atomic E-state index is 10.7. The number of anilines is 1. The van der Waals surface area contributed by atoms with Crippen molar-refractivity contribution in [2.24, 2.45) is 0 Å². The van der Waals surface area contributed by atoms with Gasteiger partial charge in [0.2, 0.25) is 0 Å². The number of hydrogen-bond acceptors (Lipinski definition) is 4. The minimum absolute atomic E-state index is 0.0965. The van der Waals surface area contributed by atoms with E-state index in [9.17, 15) is 15.2 Å². The predicted molar refractivity (Wildman–Crippen MR) is 58.6 cm³/mol. The highest BCUT2D eigenvalue weighted by Gasteiger charge is 2.16. The molecule has 1 aromatic carbocycles. The van der Waals surface area contributed by atoms with Crippen molar-refractivity contribution in [2.45, 2.75) is 13.3 Å². The van der Waals surface area contributed by atoms with Crippen molar-refractivity contribution in [3.63, 3.8) is 0 Å². The molecule has 1 aromatic rings. The van der Waals surface area contributed by atoms with E-state index < -0.39 is 4.92 Å². The number of aromatic hydroxyl groups is 1. The Kier molecular flexibility index (Phi) is 3.74. The SMILES string of the molecule is CCCNc1cc(Cl)c(O)cc1[N+](=O)[O-]. The molecule has 0 aromatic heterocycles. The molecule has 0 bridgehead atoms. The van der Waals surface area contributed by atoms with E-state index in [0.29, 0.717) is 12.2 Å². The van der Waals surface area contributed by atoms with Crippen molar-refractivity contribution in [3.05, 3.63) is 27.3 Å². The van der Waals surface area contributed by atoms with Crippen LogP contribution in [0.1, 0.15) is 13.3 Å². The highest BCUT2D eigenvalue weighted by molar-refractivity contribution is 6.32. The maximum Gasteiger partial charge on any atom is 0.296 e. The molecule has 0 unspecified atom stereocenters. The van der Waals surface area contributed by atoms with Gasteiger partial charge in [-0.05, 0) is 12.5 Å². The fraction of sp³-hybridized carbons (Fsp3) is 0.333. The second-order valence-corrected chi connectivity index (χ2v) is 3.41. The zero-order chi connectivity index (χ0) is 11.4. The third kappa shape index (κ3) is 2.73. The van der Waals surface area contributed by atoms with Gasteiger partial charge in [-0.15, -0.1) is 0 Å². The standard InChI is InChI=1S/C9H11ClN2O3/c1-2-3-11-7-4-6(10)9(13)5-8(7)12(14)15/h4-5,11,13H,2-3H2,1H3. The van der Waals surface area contributed by atoms with Gasteiger partial charge >= 0.3 is 0 Å². The molecule has 5 nitrogen and oxygen atoms in total. The van der Waals surface area contributed by atoms with E-state index in [1.54, 1.807) is 0 Å². The molecule has 0 saturated carbocycles. The molecular formula is C9H11ClN2O3. The number of phenols is 1. The number of halogens is 1. The van der Waals surface area contributed by atoms with Crippen LogP contribution in [0.5, 0.6) is 5.75 Å². The van der Waals surface area contributed by atoms with E-state index >= 15 is 0 Å². The minimum Gasteiger partial charge on any atom is -0.506 e. The Morgan fingerprint density at radius 2 is 2.27 bits per heavy atom. The lowest BCUT2D eigenvalue weighted by atomic mass is 10.2. The lowest BCUT2D eigenvalue weighted by Crippen LogP contribution is -2.03. The fourth-order valence-electron chi connectivity index (χ4n) is 1.10. The summed E-state index contributed by atoms with van der Waals surface area (Å²) in [5.41, 5.74) is 0.148. The van der Waals surface area contributed by atoms with Crippen LogP contribution in [-0.4, -0.2) is 16.6 Å². The Morgan fingerprint density at radius 3 is 2.80 bits per heavy atom. The molecule has 0 saturated heterocycles. The van der Waals surface area contributed by atoms with E-state index in [1.165, 1.54) is 6.07 Å². The number of benzene rings is 1. The second-order valence-electron chi connectivity index (χ2n) is 3.00. The predicted octanol–water partition coefficient (Wildman–Crippen LogP) is 2.78. The summed E-state index contributed by atoms with van der Waals surface area (Å²) in [4.78, 5) is 10.1. The quantitative estimate of drug-likeness (QED) is 0.474. The highest BCUT2D eigenvalue weighted by Crippen LogP contribution is 2.34. The Hall–Kier alpha value is -1.49. The first-order valence-corrected chi connectivity index (χ1v) is 4.84. The number of nitro benzene ring substituents is 1. The van der Waals surface area contributed by atoms with Crippen molar-refractivity contribution >= 4 is 23.0 Å². The molecular weight excluding hydrogens is 220 g/mol. The smallest absolute Gasteiger partial charge is 0.296 e. The zero-order valence-corrected chi connectivity index (χ0v) is 8.91.